The van der Waals surface area contributed by atoms with Gasteiger partial charge in [0.2, 0.25) is 5.91 Å². The Kier molecular flexibility index (Phi) is 4.38. The smallest absolute Gasteiger partial charge is 0.226 e. The predicted octanol–water partition coefficient (Wildman–Crippen LogP) is 2.37. The zero-order chi connectivity index (χ0) is 10.7. The van der Waals surface area contributed by atoms with Gasteiger partial charge >= 0.3 is 0 Å². The third-order valence-corrected chi connectivity index (χ3v) is 5.01. The van der Waals surface area contributed by atoms with Crippen LogP contribution >= 0.6 is 27.7 Å². The number of amides is 1. The molecule has 0 aliphatic carbocycles. The summed E-state index contributed by atoms with van der Waals surface area (Å²) in [5, 5.41) is 1.07. The van der Waals surface area contributed by atoms with E-state index in [1.54, 1.807) is 0 Å². The molecule has 0 bridgehead atoms. The highest BCUT2D eigenvalue weighted by molar-refractivity contribution is 9.09. The standard InChI is InChI=1S/C11H18BrNOS/c12-4-1-9-2-5-13(7-9)11(14)10-3-6-15-8-10/h9-10H,1-8H2. The van der Waals surface area contributed by atoms with Crippen molar-refractivity contribution in [3.63, 3.8) is 0 Å². The number of halogens is 1. The van der Waals surface area contributed by atoms with E-state index in [0.29, 0.717) is 11.8 Å². The van der Waals surface area contributed by atoms with Gasteiger partial charge in [-0.05, 0) is 30.9 Å². The minimum absolute atomic E-state index is 0.331. The van der Waals surface area contributed by atoms with Crippen LogP contribution in [0.2, 0.25) is 0 Å². The van der Waals surface area contributed by atoms with E-state index in [1.165, 1.54) is 18.6 Å². The molecule has 0 aromatic carbocycles. The largest absolute Gasteiger partial charge is 0.342 e. The molecule has 0 radical (unpaired) electrons. The molecule has 0 spiro atoms. The number of rotatable bonds is 3. The van der Waals surface area contributed by atoms with Crippen LogP contribution in [-0.4, -0.2) is 40.7 Å². The zero-order valence-electron chi connectivity index (χ0n) is 8.95. The molecule has 0 N–H and O–H groups in total. The lowest BCUT2D eigenvalue weighted by Gasteiger charge is -2.20. The van der Waals surface area contributed by atoms with Crippen molar-refractivity contribution in [2.75, 3.05) is 29.9 Å². The van der Waals surface area contributed by atoms with Gasteiger partial charge in [-0.2, -0.15) is 11.8 Å². The first-order valence-corrected chi connectivity index (χ1v) is 8.01. The Morgan fingerprint density at radius 2 is 2.33 bits per heavy atom. The summed E-state index contributed by atoms with van der Waals surface area (Å²) in [5.74, 6) is 3.73. The molecule has 1 amide bonds. The lowest BCUT2D eigenvalue weighted by Crippen LogP contribution is -2.34. The van der Waals surface area contributed by atoms with Crippen LogP contribution < -0.4 is 0 Å². The third kappa shape index (κ3) is 2.90. The van der Waals surface area contributed by atoms with Crippen molar-refractivity contribution >= 4 is 33.6 Å². The lowest BCUT2D eigenvalue weighted by atomic mass is 10.1. The summed E-state index contributed by atoms with van der Waals surface area (Å²) in [6.07, 6.45) is 3.52. The van der Waals surface area contributed by atoms with Gasteiger partial charge in [-0.1, -0.05) is 15.9 Å². The maximum absolute atomic E-state index is 12.1. The van der Waals surface area contributed by atoms with Gasteiger partial charge < -0.3 is 4.90 Å². The Hall–Kier alpha value is 0.300. The van der Waals surface area contributed by atoms with Crippen LogP contribution in [0, 0.1) is 11.8 Å². The Balaban J connectivity index is 1.81. The van der Waals surface area contributed by atoms with Gasteiger partial charge in [0.15, 0.2) is 0 Å². The van der Waals surface area contributed by atoms with Gasteiger partial charge in [0.05, 0.1) is 0 Å². The molecule has 2 rings (SSSR count). The van der Waals surface area contributed by atoms with Crippen LogP contribution in [-0.2, 0) is 4.79 Å². The molecule has 0 saturated carbocycles. The number of thioether (sulfide) groups is 1. The predicted molar refractivity (Wildman–Crippen MR) is 68.5 cm³/mol. The molecule has 0 aromatic heterocycles. The average molecular weight is 292 g/mol. The van der Waals surface area contributed by atoms with E-state index in [0.717, 1.165) is 36.5 Å². The van der Waals surface area contributed by atoms with Crippen molar-refractivity contribution in [3.8, 4) is 0 Å². The number of carbonyl (C=O) groups excluding carboxylic acids is 1. The topological polar surface area (TPSA) is 20.3 Å². The van der Waals surface area contributed by atoms with E-state index in [4.69, 9.17) is 0 Å². The fraction of sp³-hybridized carbons (Fsp3) is 0.909. The number of likely N-dealkylation sites (tertiary alicyclic amines) is 1. The van der Waals surface area contributed by atoms with Gasteiger partial charge in [-0.25, -0.2) is 0 Å². The second kappa shape index (κ2) is 5.58. The second-order valence-corrected chi connectivity index (χ2v) is 6.42. The highest BCUT2D eigenvalue weighted by Crippen LogP contribution is 2.28. The molecule has 2 heterocycles. The molecular formula is C11H18BrNOS. The van der Waals surface area contributed by atoms with Gasteiger partial charge in [0, 0.05) is 30.1 Å². The van der Waals surface area contributed by atoms with Crippen molar-refractivity contribution in [1.82, 2.24) is 4.90 Å². The minimum Gasteiger partial charge on any atom is -0.342 e. The van der Waals surface area contributed by atoms with Gasteiger partial charge in [-0.3, -0.25) is 4.79 Å². The van der Waals surface area contributed by atoms with E-state index in [-0.39, 0.29) is 0 Å². The first-order chi connectivity index (χ1) is 7.31. The summed E-state index contributed by atoms with van der Waals surface area (Å²) in [6.45, 7) is 2.00. The molecule has 0 aromatic rings. The first kappa shape index (κ1) is 11.8. The average Bonchev–Trinajstić information content (AvgIpc) is 2.87. The molecule has 2 atom stereocenters. The molecule has 2 saturated heterocycles. The van der Waals surface area contributed by atoms with Crippen LogP contribution in [0.25, 0.3) is 0 Å². The van der Waals surface area contributed by atoms with E-state index in [1.807, 2.05) is 11.8 Å². The molecule has 2 aliphatic rings. The van der Waals surface area contributed by atoms with Crippen molar-refractivity contribution < 1.29 is 4.79 Å². The monoisotopic (exact) mass is 291 g/mol. The number of hydrogen-bond acceptors (Lipinski definition) is 2. The molecule has 2 nitrogen and oxygen atoms in total. The Bertz CT molecular complexity index is 231. The highest BCUT2D eigenvalue weighted by Gasteiger charge is 2.31. The fourth-order valence-corrected chi connectivity index (χ4v) is 4.27. The lowest BCUT2D eigenvalue weighted by molar-refractivity contribution is -0.133. The van der Waals surface area contributed by atoms with Crippen molar-refractivity contribution in [2.24, 2.45) is 11.8 Å². The number of hydrogen-bond donors (Lipinski definition) is 0. The Morgan fingerprint density at radius 1 is 1.47 bits per heavy atom. The van der Waals surface area contributed by atoms with Crippen LogP contribution in [0.3, 0.4) is 0 Å². The maximum Gasteiger partial charge on any atom is 0.226 e. The van der Waals surface area contributed by atoms with Crippen LogP contribution in [0.15, 0.2) is 0 Å². The van der Waals surface area contributed by atoms with Crippen LogP contribution in [0.4, 0.5) is 0 Å². The maximum atomic E-state index is 12.1. The molecule has 2 unspecified atom stereocenters. The van der Waals surface area contributed by atoms with E-state index >= 15 is 0 Å². The summed E-state index contributed by atoms with van der Waals surface area (Å²) < 4.78 is 0. The summed E-state index contributed by atoms with van der Waals surface area (Å²) in [7, 11) is 0. The summed E-state index contributed by atoms with van der Waals surface area (Å²) in [6, 6.07) is 0. The molecule has 4 heteroatoms. The van der Waals surface area contributed by atoms with Crippen LogP contribution in [0.1, 0.15) is 19.3 Å². The quantitative estimate of drug-likeness (QED) is 0.744. The fourth-order valence-electron chi connectivity index (χ4n) is 2.41. The zero-order valence-corrected chi connectivity index (χ0v) is 11.4. The highest BCUT2D eigenvalue weighted by atomic mass is 79.9. The second-order valence-electron chi connectivity index (χ2n) is 4.48. The van der Waals surface area contributed by atoms with Crippen LogP contribution in [0.5, 0.6) is 0 Å². The normalized spacial score (nSPS) is 31.1. The molecule has 2 fully saturated rings. The van der Waals surface area contributed by atoms with E-state index in [9.17, 15) is 4.79 Å². The summed E-state index contributed by atoms with van der Waals surface area (Å²) >= 11 is 5.40. The number of nitrogens with zero attached hydrogens (tertiary/aromatic N) is 1. The first-order valence-electron chi connectivity index (χ1n) is 5.73. The van der Waals surface area contributed by atoms with Crippen molar-refractivity contribution in [1.29, 1.82) is 0 Å². The Morgan fingerprint density at radius 3 is 3.00 bits per heavy atom. The molecule has 2 aliphatic heterocycles. The third-order valence-electron chi connectivity index (χ3n) is 3.39. The molecule has 15 heavy (non-hydrogen) atoms. The number of alkyl halides is 1. The van der Waals surface area contributed by atoms with E-state index in [2.05, 4.69) is 20.8 Å². The minimum atomic E-state index is 0.331. The number of carbonyl (C=O) groups is 1. The Labute approximate surface area is 104 Å². The van der Waals surface area contributed by atoms with Gasteiger partial charge in [-0.15, -0.1) is 0 Å². The SMILES string of the molecule is O=C(C1CCSC1)N1CCC(CCBr)C1. The van der Waals surface area contributed by atoms with Crippen molar-refractivity contribution in [2.45, 2.75) is 19.3 Å². The summed E-state index contributed by atoms with van der Waals surface area (Å²) in [5.41, 5.74) is 0. The van der Waals surface area contributed by atoms with Crippen molar-refractivity contribution in [3.05, 3.63) is 0 Å². The van der Waals surface area contributed by atoms with Gasteiger partial charge in [0.1, 0.15) is 0 Å². The molecule has 86 valence electrons. The van der Waals surface area contributed by atoms with Gasteiger partial charge in [0.25, 0.3) is 0 Å². The van der Waals surface area contributed by atoms with E-state index < -0.39 is 0 Å². The summed E-state index contributed by atoms with van der Waals surface area (Å²) in [4.78, 5) is 14.2. The molecular weight excluding hydrogens is 274 g/mol.